The second-order valence-corrected chi connectivity index (χ2v) is 12.0. The van der Waals surface area contributed by atoms with E-state index in [-0.39, 0.29) is 41.4 Å². The summed E-state index contributed by atoms with van der Waals surface area (Å²) in [6, 6.07) is 20.3. The minimum absolute atomic E-state index is 0.123. The maximum absolute atomic E-state index is 13.5. The maximum atomic E-state index is 13.5. The molecule has 8 rings (SSSR count). The van der Waals surface area contributed by atoms with E-state index in [2.05, 4.69) is 43.4 Å². The average Bonchev–Trinajstić information content (AvgIpc) is 3.72. The molecule has 0 radical (unpaired) electrons. The monoisotopic (exact) mass is 532 g/mol. The molecule has 2 bridgehead atoms. The smallest absolute Gasteiger partial charge is 0.255 e. The number of carbonyl (C=O) groups is 3. The zero-order valence-electron chi connectivity index (χ0n) is 22.8. The van der Waals surface area contributed by atoms with Crippen molar-refractivity contribution in [1.82, 2.24) is 0 Å². The molecule has 4 aliphatic carbocycles. The highest BCUT2D eigenvalue weighted by molar-refractivity contribution is 6.23. The van der Waals surface area contributed by atoms with Crippen molar-refractivity contribution in [1.29, 1.82) is 0 Å². The van der Waals surface area contributed by atoms with E-state index in [0.717, 1.165) is 23.3 Å². The molecule has 0 spiro atoms. The van der Waals surface area contributed by atoms with Crippen LogP contribution in [-0.4, -0.2) is 17.7 Å². The largest absolute Gasteiger partial charge is 0.457 e. The summed E-state index contributed by atoms with van der Waals surface area (Å²) in [5, 5.41) is 2.92. The molecule has 1 heterocycles. The zero-order valence-corrected chi connectivity index (χ0v) is 22.8. The lowest BCUT2D eigenvalue weighted by Gasteiger charge is -2.37. The van der Waals surface area contributed by atoms with Crippen LogP contribution in [0.2, 0.25) is 0 Å². The minimum atomic E-state index is -0.309. The third kappa shape index (κ3) is 3.96. The Hall–Kier alpha value is -4.19. The van der Waals surface area contributed by atoms with E-state index in [4.69, 9.17) is 4.74 Å². The van der Waals surface area contributed by atoms with Crippen molar-refractivity contribution in [3.05, 3.63) is 95.6 Å². The first-order valence-electron chi connectivity index (χ1n) is 14.2. The van der Waals surface area contributed by atoms with Crippen molar-refractivity contribution < 1.29 is 19.1 Å². The molecule has 0 unspecified atom stereocenters. The average molecular weight is 533 g/mol. The first-order chi connectivity index (χ1) is 19.3. The normalized spacial score (nSPS) is 27.6. The molecule has 3 aromatic carbocycles. The number of hydrogen-bond donors (Lipinski definition) is 1. The summed E-state index contributed by atoms with van der Waals surface area (Å²) in [7, 11) is 0. The summed E-state index contributed by atoms with van der Waals surface area (Å²) in [6.07, 6.45) is 5.46. The van der Waals surface area contributed by atoms with Gasteiger partial charge in [-0.05, 0) is 103 Å². The van der Waals surface area contributed by atoms with E-state index < -0.39 is 0 Å². The Morgan fingerprint density at radius 2 is 1.57 bits per heavy atom. The molecule has 6 atom stereocenters. The van der Waals surface area contributed by atoms with Crippen LogP contribution in [0.4, 0.5) is 11.4 Å². The molecule has 0 aromatic heterocycles. The lowest BCUT2D eigenvalue weighted by Crippen LogP contribution is -2.40. The molecule has 3 aromatic rings. The fraction of sp³-hybridized carbons (Fsp3) is 0.324. The highest BCUT2D eigenvalue weighted by Gasteiger charge is 2.67. The number of benzene rings is 3. The Morgan fingerprint density at radius 1 is 0.900 bits per heavy atom. The molecule has 6 nitrogen and oxygen atoms in total. The molecule has 3 amide bonds. The number of nitrogens with zero attached hydrogens (tertiary/aromatic N) is 1. The lowest BCUT2D eigenvalue weighted by molar-refractivity contribution is -0.124. The van der Waals surface area contributed by atoms with Crippen LogP contribution in [0.3, 0.4) is 0 Å². The van der Waals surface area contributed by atoms with Crippen molar-refractivity contribution in [3.8, 4) is 11.5 Å². The summed E-state index contributed by atoms with van der Waals surface area (Å²) >= 11 is 0. The zero-order chi connectivity index (χ0) is 27.7. The molecular weight excluding hydrogens is 500 g/mol. The van der Waals surface area contributed by atoms with E-state index in [1.165, 1.54) is 4.90 Å². The highest BCUT2D eigenvalue weighted by Crippen LogP contribution is 2.65. The molecule has 6 heteroatoms. The van der Waals surface area contributed by atoms with Gasteiger partial charge < -0.3 is 10.1 Å². The topological polar surface area (TPSA) is 75.7 Å². The standard InChI is InChI=1S/C34H32N2O4/c1-18(2)24-12-7-19(3)15-29(24)40-23-10-8-21(9-11-23)35-32(37)20-5-4-6-22(16-20)36-33(38)30-25-13-14-26(28-17-27(25)28)31(30)34(36)39/h4-16,18,25-28,30-31H,17H2,1-3H3,(H,35,37)/t25-,26-,27-,28-,30+,31+/m0/s1. The molecule has 202 valence electrons. The quantitative estimate of drug-likeness (QED) is 0.282. The second-order valence-electron chi connectivity index (χ2n) is 12.0. The van der Waals surface area contributed by atoms with Gasteiger partial charge in [0, 0.05) is 11.3 Å². The number of anilines is 2. The summed E-state index contributed by atoms with van der Waals surface area (Å²) in [4.78, 5) is 41.4. The molecule has 5 aliphatic rings. The second kappa shape index (κ2) is 9.19. The van der Waals surface area contributed by atoms with E-state index >= 15 is 0 Å². The fourth-order valence-electron chi connectivity index (χ4n) is 7.14. The van der Waals surface area contributed by atoms with Crippen LogP contribution in [0.5, 0.6) is 11.5 Å². The number of aryl methyl sites for hydroxylation is 1. The van der Waals surface area contributed by atoms with Crippen molar-refractivity contribution in [2.75, 3.05) is 10.2 Å². The summed E-state index contributed by atoms with van der Waals surface area (Å²) in [5.74, 6) is 2.20. The molecule has 1 aliphatic heterocycles. The predicted octanol–water partition coefficient (Wildman–Crippen LogP) is 6.72. The number of ether oxygens (including phenoxy) is 1. The first-order valence-corrected chi connectivity index (χ1v) is 14.2. The van der Waals surface area contributed by atoms with Crippen molar-refractivity contribution in [2.24, 2.45) is 35.5 Å². The van der Waals surface area contributed by atoms with Gasteiger partial charge in [0.25, 0.3) is 5.91 Å². The summed E-state index contributed by atoms with van der Waals surface area (Å²) in [6.45, 7) is 6.31. The van der Waals surface area contributed by atoms with Gasteiger partial charge in [0.1, 0.15) is 11.5 Å². The van der Waals surface area contributed by atoms with Gasteiger partial charge in [-0.15, -0.1) is 0 Å². The van der Waals surface area contributed by atoms with Crippen LogP contribution in [0.15, 0.2) is 78.9 Å². The highest BCUT2D eigenvalue weighted by atomic mass is 16.5. The SMILES string of the molecule is Cc1ccc(C(C)C)c(Oc2ccc(NC(=O)c3cccc(N4C(=O)[C@@H]5[C@H]6C=C[C@@H]([C@@H]7C[C@@H]67)[C@H]5C4=O)c3)cc2)c1. The third-order valence-electron chi connectivity index (χ3n) is 9.16. The third-order valence-corrected chi connectivity index (χ3v) is 9.16. The molecule has 1 N–H and O–H groups in total. The number of hydrogen-bond acceptors (Lipinski definition) is 4. The molecule has 3 fully saturated rings. The van der Waals surface area contributed by atoms with E-state index in [1.807, 2.05) is 25.1 Å². The van der Waals surface area contributed by atoms with E-state index in [0.29, 0.717) is 40.4 Å². The van der Waals surface area contributed by atoms with Gasteiger partial charge in [-0.2, -0.15) is 0 Å². The van der Waals surface area contributed by atoms with Crippen LogP contribution in [0.25, 0.3) is 0 Å². The Balaban J connectivity index is 1.06. The number of allylic oxidation sites excluding steroid dienone is 2. The summed E-state index contributed by atoms with van der Waals surface area (Å²) in [5.41, 5.74) is 3.74. The van der Waals surface area contributed by atoms with Crippen LogP contribution in [-0.2, 0) is 9.59 Å². The van der Waals surface area contributed by atoms with Gasteiger partial charge in [0.15, 0.2) is 0 Å². The van der Waals surface area contributed by atoms with Crippen molar-refractivity contribution in [2.45, 2.75) is 33.1 Å². The van der Waals surface area contributed by atoms with Crippen LogP contribution >= 0.6 is 0 Å². The Kier molecular flexibility index (Phi) is 5.70. The molecule has 2 saturated carbocycles. The number of nitrogens with one attached hydrogen (secondary N) is 1. The van der Waals surface area contributed by atoms with Gasteiger partial charge in [0.2, 0.25) is 11.8 Å². The van der Waals surface area contributed by atoms with Crippen LogP contribution < -0.4 is 15.0 Å². The molecule has 1 saturated heterocycles. The fourth-order valence-corrected chi connectivity index (χ4v) is 7.14. The molecule has 40 heavy (non-hydrogen) atoms. The first kappa shape index (κ1) is 24.8. The number of amides is 3. The number of rotatable bonds is 6. The Bertz CT molecular complexity index is 1540. The van der Waals surface area contributed by atoms with E-state index in [9.17, 15) is 14.4 Å². The van der Waals surface area contributed by atoms with Crippen LogP contribution in [0.1, 0.15) is 47.7 Å². The molecular formula is C34H32N2O4. The van der Waals surface area contributed by atoms with Crippen molar-refractivity contribution >= 4 is 29.1 Å². The Labute approximate surface area is 234 Å². The lowest BCUT2D eigenvalue weighted by atomic mass is 9.63. The number of carbonyl (C=O) groups excluding carboxylic acids is 3. The van der Waals surface area contributed by atoms with Gasteiger partial charge in [-0.3, -0.25) is 14.4 Å². The van der Waals surface area contributed by atoms with Crippen molar-refractivity contribution in [3.63, 3.8) is 0 Å². The maximum Gasteiger partial charge on any atom is 0.255 e. The van der Waals surface area contributed by atoms with Gasteiger partial charge in [-0.1, -0.05) is 44.2 Å². The van der Waals surface area contributed by atoms with Gasteiger partial charge >= 0.3 is 0 Å². The minimum Gasteiger partial charge on any atom is -0.457 e. The predicted molar refractivity (Wildman–Crippen MR) is 153 cm³/mol. The van der Waals surface area contributed by atoms with Gasteiger partial charge in [-0.25, -0.2) is 4.90 Å². The van der Waals surface area contributed by atoms with Crippen LogP contribution in [0, 0.1) is 42.4 Å². The van der Waals surface area contributed by atoms with Gasteiger partial charge in [0.05, 0.1) is 17.5 Å². The summed E-state index contributed by atoms with van der Waals surface area (Å²) < 4.78 is 6.17. The Morgan fingerprint density at radius 3 is 2.23 bits per heavy atom. The van der Waals surface area contributed by atoms with E-state index in [1.54, 1.807) is 36.4 Å². The number of imide groups is 1.